The van der Waals surface area contributed by atoms with Gasteiger partial charge < -0.3 is 9.47 Å². The van der Waals surface area contributed by atoms with E-state index < -0.39 is 5.56 Å². The number of H-pyrrole nitrogens is 1. The van der Waals surface area contributed by atoms with Crippen LogP contribution >= 0.6 is 0 Å². The van der Waals surface area contributed by atoms with Crippen molar-refractivity contribution in [1.29, 1.82) is 0 Å². The van der Waals surface area contributed by atoms with Crippen molar-refractivity contribution in [2.75, 3.05) is 26.5 Å². The van der Waals surface area contributed by atoms with Gasteiger partial charge in [-0.25, -0.2) is 5.43 Å². The molecule has 3 rings (SSSR count). The lowest BCUT2D eigenvalue weighted by Gasteiger charge is -2.20. The molecule has 2 aromatic heterocycles. The number of rotatable bonds is 7. The maximum Gasteiger partial charge on any atom is 0.280 e. The van der Waals surface area contributed by atoms with Gasteiger partial charge in [0.1, 0.15) is 0 Å². The fraction of sp³-hybridized carbons (Fsp3) is 0.250. The molecular weight excluding hydrogens is 340 g/mol. The Bertz CT molecular complexity index is 947. The number of hydrogen-bond acceptors (Lipinski definition) is 9. The number of nitrogens with one attached hydrogen (secondary N) is 2. The van der Waals surface area contributed by atoms with Crippen LogP contribution < -0.4 is 25.6 Å². The van der Waals surface area contributed by atoms with Crippen LogP contribution in [0.25, 0.3) is 11.2 Å². The highest BCUT2D eigenvalue weighted by atomic mass is 16.7. The van der Waals surface area contributed by atoms with Gasteiger partial charge in [-0.2, -0.15) is 15.0 Å². The molecule has 10 nitrogen and oxygen atoms in total. The van der Waals surface area contributed by atoms with Crippen molar-refractivity contribution in [2.24, 2.45) is 0 Å². The average molecular weight is 358 g/mol. The Morgan fingerprint density at radius 3 is 2.38 bits per heavy atom. The summed E-state index contributed by atoms with van der Waals surface area (Å²) in [7, 11) is 4.28. The fourth-order valence-electron chi connectivity index (χ4n) is 2.26. The molecule has 0 radical (unpaired) electrons. The number of nitrogens with zero attached hydrogens (tertiary/aromatic N) is 4. The number of benzene rings is 1. The smallest absolute Gasteiger partial charge is 0.280 e. The van der Waals surface area contributed by atoms with Crippen LogP contribution in [0, 0.1) is 0 Å². The van der Waals surface area contributed by atoms with Crippen LogP contribution in [0.2, 0.25) is 0 Å². The van der Waals surface area contributed by atoms with Crippen molar-refractivity contribution in [1.82, 2.24) is 25.4 Å². The Morgan fingerprint density at radius 1 is 1.04 bits per heavy atom. The third kappa shape index (κ3) is 3.55. The maximum atomic E-state index is 12.4. The van der Waals surface area contributed by atoms with Crippen molar-refractivity contribution in [2.45, 2.75) is 6.54 Å². The molecule has 0 amide bonds. The van der Waals surface area contributed by atoms with Gasteiger partial charge in [0.25, 0.3) is 17.3 Å². The molecule has 2 heterocycles. The van der Waals surface area contributed by atoms with E-state index in [1.165, 1.54) is 26.5 Å². The Morgan fingerprint density at radius 2 is 1.73 bits per heavy atom. The summed E-state index contributed by atoms with van der Waals surface area (Å²) in [6, 6.07) is 9.71. The second-order valence-corrected chi connectivity index (χ2v) is 5.10. The predicted octanol–water partition coefficient (Wildman–Crippen LogP) is 0.803. The minimum Gasteiger partial charge on any atom is -0.477 e. The van der Waals surface area contributed by atoms with Gasteiger partial charge in [0.15, 0.2) is 11.2 Å². The normalized spacial score (nSPS) is 10.7. The zero-order chi connectivity index (χ0) is 18.5. The first-order valence-corrected chi connectivity index (χ1v) is 7.68. The first-order valence-electron chi connectivity index (χ1n) is 7.68. The number of anilines is 1. The minimum atomic E-state index is -0.484. The fourth-order valence-corrected chi connectivity index (χ4v) is 2.26. The van der Waals surface area contributed by atoms with E-state index in [9.17, 15) is 4.79 Å². The maximum absolute atomic E-state index is 12.4. The van der Waals surface area contributed by atoms with E-state index in [-0.39, 0.29) is 28.9 Å². The number of hydrazine groups is 1. The number of fused-ring (bicyclic) bond motifs is 1. The topological polar surface area (TPSA) is 114 Å². The molecule has 136 valence electrons. The molecule has 0 atom stereocenters. The number of hydrogen-bond donors (Lipinski definition) is 2. The summed E-state index contributed by atoms with van der Waals surface area (Å²) in [6.07, 6.45) is 0. The molecular formula is C16H18N6O4. The first-order chi connectivity index (χ1) is 12.7. The van der Waals surface area contributed by atoms with Crippen LogP contribution in [0.1, 0.15) is 5.56 Å². The first kappa shape index (κ1) is 17.6. The van der Waals surface area contributed by atoms with Crippen molar-refractivity contribution in [3.05, 3.63) is 46.2 Å². The van der Waals surface area contributed by atoms with Gasteiger partial charge >= 0.3 is 0 Å². The average Bonchev–Trinajstić information content (AvgIpc) is 2.68. The second-order valence-electron chi connectivity index (χ2n) is 5.10. The Labute approximate surface area is 148 Å². The van der Waals surface area contributed by atoms with Crippen LogP contribution in [-0.4, -0.2) is 41.3 Å². The van der Waals surface area contributed by atoms with Gasteiger partial charge in [-0.3, -0.25) is 14.6 Å². The van der Waals surface area contributed by atoms with Crippen LogP contribution in [-0.2, 0) is 11.4 Å². The van der Waals surface area contributed by atoms with E-state index in [0.29, 0.717) is 6.54 Å². The third-order valence-corrected chi connectivity index (χ3v) is 3.50. The van der Waals surface area contributed by atoms with Gasteiger partial charge in [0.2, 0.25) is 5.95 Å². The van der Waals surface area contributed by atoms with E-state index in [2.05, 4.69) is 25.4 Å². The van der Waals surface area contributed by atoms with E-state index in [1.807, 2.05) is 30.3 Å². The lowest BCUT2D eigenvalue weighted by molar-refractivity contribution is 0.128. The third-order valence-electron chi connectivity index (χ3n) is 3.50. The molecule has 0 spiro atoms. The number of aromatic nitrogens is 4. The molecule has 0 unspecified atom stereocenters. The lowest BCUT2D eigenvalue weighted by Crippen LogP contribution is -2.39. The molecule has 26 heavy (non-hydrogen) atoms. The summed E-state index contributed by atoms with van der Waals surface area (Å²) >= 11 is 0. The highest BCUT2D eigenvalue weighted by Crippen LogP contribution is 2.23. The van der Waals surface area contributed by atoms with Crippen molar-refractivity contribution >= 4 is 17.1 Å². The minimum absolute atomic E-state index is 0.0329. The summed E-state index contributed by atoms with van der Waals surface area (Å²) < 4.78 is 10.2. The summed E-state index contributed by atoms with van der Waals surface area (Å²) in [5.41, 5.74) is 3.70. The van der Waals surface area contributed by atoms with Crippen molar-refractivity contribution in [3.8, 4) is 11.8 Å². The molecule has 0 aliphatic carbocycles. The molecule has 0 saturated carbocycles. The summed E-state index contributed by atoms with van der Waals surface area (Å²) in [4.78, 5) is 32.7. The number of methoxy groups -OCH3 is 2. The Kier molecular flexibility index (Phi) is 5.25. The molecule has 2 N–H and O–H groups in total. The van der Waals surface area contributed by atoms with Gasteiger partial charge in [0.05, 0.1) is 21.3 Å². The molecule has 0 aliphatic rings. The molecule has 0 bridgehead atoms. The highest BCUT2D eigenvalue weighted by Gasteiger charge is 2.17. The number of ether oxygens (including phenoxy) is 2. The second kappa shape index (κ2) is 7.76. The van der Waals surface area contributed by atoms with E-state index in [1.54, 1.807) is 0 Å². The zero-order valence-corrected chi connectivity index (χ0v) is 14.5. The van der Waals surface area contributed by atoms with Crippen LogP contribution in [0.4, 0.5) is 5.95 Å². The molecule has 10 heteroatoms. The Hall–Kier alpha value is -3.24. The quantitative estimate of drug-likeness (QED) is 0.592. The summed E-state index contributed by atoms with van der Waals surface area (Å²) in [5, 5.41) is 1.24. The monoisotopic (exact) mass is 358 g/mol. The highest BCUT2D eigenvalue weighted by molar-refractivity contribution is 5.71. The number of aromatic amines is 1. The van der Waals surface area contributed by atoms with Crippen LogP contribution in [0.3, 0.4) is 0 Å². The van der Waals surface area contributed by atoms with Gasteiger partial charge in [-0.1, -0.05) is 30.3 Å². The van der Waals surface area contributed by atoms with Crippen molar-refractivity contribution < 1.29 is 14.3 Å². The molecule has 0 aliphatic heterocycles. The van der Waals surface area contributed by atoms with Crippen LogP contribution in [0.5, 0.6) is 11.8 Å². The molecule has 0 saturated heterocycles. The summed E-state index contributed by atoms with van der Waals surface area (Å²) in [5.74, 6) is 0.360. The summed E-state index contributed by atoms with van der Waals surface area (Å²) in [6.45, 7) is 0.466. The molecule has 3 aromatic rings. The van der Waals surface area contributed by atoms with Gasteiger partial charge in [-0.15, -0.1) is 5.17 Å². The van der Waals surface area contributed by atoms with Crippen molar-refractivity contribution in [3.63, 3.8) is 0 Å². The molecule has 0 fully saturated rings. The zero-order valence-electron chi connectivity index (χ0n) is 14.5. The van der Waals surface area contributed by atoms with E-state index >= 15 is 0 Å². The van der Waals surface area contributed by atoms with Crippen LogP contribution in [0.15, 0.2) is 35.1 Å². The van der Waals surface area contributed by atoms with Gasteiger partial charge in [0, 0.05) is 6.54 Å². The lowest BCUT2D eigenvalue weighted by atomic mass is 10.2. The van der Waals surface area contributed by atoms with E-state index in [0.717, 1.165) is 5.56 Å². The Balaban J connectivity index is 1.94. The van der Waals surface area contributed by atoms with E-state index in [4.69, 9.17) is 14.3 Å². The van der Waals surface area contributed by atoms with Gasteiger partial charge in [-0.05, 0) is 5.56 Å². The molecule has 1 aromatic carbocycles. The standard InChI is InChI=1S/C16H18N6O4/c1-24-14-15(25-2)19-12-11(18-14)13(23)21-16(20-12)22(26-3)17-9-10-7-5-4-6-8-10/h4-8,17H,9H2,1-3H3,(H,19,20,21,23). The predicted molar refractivity (Wildman–Crippen MR) is 93.8 cm³/mol. The SMILES string of the molecule is COc1nc2nc(N(NCc3ccccc3)OC)[nH]c(=O)c2nc1OC. The largest absolute Gasteiger partial charge is 0.477 e.